The quantitative estimate of drug-likeness (QED) is 0.411. The Kier molecular flexibility index (Phi) is 6.69. The Labute approximate surface area is 196 Å². The van der Waals surface area contributed by atoms with E-state index in [-0.39, 0.29) is 23.4 Å². The van der Waals surface area contributed by atoms with E-state index in [0.29, 0.717) is 23.0 Å². The van der Waals surface area contributed by atoms with Crippen LogP contribution in [0.15, 0.2) is 11.6 Å². The van der Waals surface area contributed by atoms with E-state index < -0.39 is 0 Å². The van der Waals surface area contributed by atoms with Crippen LogP contribution >= 0.6 is 0 Å². The van der Waals surface area contributed by atoms with Gasteiger partial charge >= 0.3 is 5.97 Å². The lowest BCUT2D eigenvalue weighted by Gasteiger charge is -2.57. The molecule has 0 aromatic carbocycles. The molecule has 4 aliphatic carbocycles. The van der Waals surface area contributed by atoms with Gasteiger partial charge < -0.3 is 4.74 Å². The minimum Gasteiger partial charge on any atom is -0.462 e. The second-order valence-corrected chi connectivity index (χ2v) is 12.7. The summed E-state index contributed by atoms with van der Waals surface area (Å²) >= 11 is 0. The molecule has 0 heterocycles. The molecule has 0 bridgehead atoms. The van der Waals surface area contributed by atoms with Crippen molar-refractivity contribution in [2.24, 2.45) is 46.3 Å². The Bertz CT molecular complexity index is 766. The number of hydrogen-bond donors (Lipinski definition) is 0. The van der Waals surface area contributed by atoms with Gasteiger partial charge in [0.2, 0.25) is 0 Å². The number of allylic oxidation sites excluding steroid dienone is 1. The number of carbonyl (C=O) groups is 2. The van der Waals surface area contributed by atoms with Gasteiger partial charge in [-0.3, -0.25) is 9.59 Å². The maximum Gasteiger partial charge on any atom is 0.302 e. The SMILES string of the molecule is CC(=O)O[C@H]1CC[C@@]2(C)C(=CC(=O)[C@@H]3[C@H]4CC[C@H]([C@H](C)CCCC(C)C)[C@]4(C)CC[C@H]32)C1. The second-order valence-electron chi connectivity index (χ2n) is 12.7. The standard InChI is InChI=1S/C29H46O3/c1-18(2)8-7-9-19(3)23-10-11-24-27-25(13-15-29(23,24)6)28(5)14-12-22(32-20(4)30)16-21(28)17-26(27)31/h17-19,22-25,27H,7-16H2,1-6H3/t19-,22+,23-,24-,25-,27-,28+,29+/m1/s1. The van der Waals surface area contributed by atoms with Gasteiger partial charge in [0.15, 0.2) is 5.78 Å². The summed E-state index contributed by atoms with van der Waals surface area (Å²) in [6.45, 7) is 13.6. The Balaban J connectivity index is 1.52. The van der Waals surface area contributed by atoms with Crippen molar-refractivity contribution in [1.29, 1.82) is 0 Å². The number of fused-ring (bicyclic) bond motifs is 5. The maximum atomic E-state index is 13.6. The molecule has 4 aliphatic rings. The largest absolute Gasteiger partial charge is 0.462 e. The minimum atomic E-state index is -0.202. The van der Waals surface area contributed by atoms with Crippen LogP contribution in [0.4, 0.5) is 0 Å². The zero-order valence-corrected chi connectivity index (χ0v) is 21.4. The summed E-state index contributed by atoms with van der Waals surface area (Å²) < 4.78 is 5.54. The third kappa shape index (κ3) is 4.11. The highest BCUT2D eigenvalue weighted by molar-refractivity contribution is 5.94. The molecule has 3 heteroatoms. The zero-order chi connectivity index (χ0) is 23.3. The van der Waals surface area contributed by atoms with Crippen LogP contribution in [-0.2, 0) is 14.3 Å². The van der Waals surface area contributed by atoms with Gasteiger partial charge in [-0.1, -0.05) is 59.5 Å². The molecule has 4 rings (SSSR count). The molecule has 0 aromatic rings. The van der Waals surface area contributed by atoms with Crippen molar-refractivity contribution in [3.8, 4) is 0 Å². The molecule has 0 saturated heterocycles. The molecule has 0 N–H and O–H groups in total. The average molecular weight is 443 g/mol. The van der Waals surface area contributed by atoms with Gasteiger partial charge in [0.25, 0.3) is 0 Å². The Morgan fingerprint density at radius 1 is 1.06 bits per heavy atom. The molecule has 0 unspecified atom stereocenters. The smallest absolute Gasteiger partial charge is 0.302 e. The zero-order valence-electron chi connectivity index (χ0n) is 21.4. The van der Waals surface area contributed by atoms with E-state index >= 15 is 0 Å². The van der Waals surface area contributed by atoms with E-state index in [2.05, 4.69) is 34.6 Å². The third-order valence-corrected chi connectivity index (χ3v) is 10.4. The predicted molar refractivity (Wildman–Crippen MR) is 129 cm³/mol. The van der Waals surface area contributed by atoms with E-state index in [0.717, 1.165) is 37.0 Å². The highest BCUT2D eigenvalue weighted by Crippen LogP contribution is 2.66. The first-order valence-electron chi connectivity index (χ1n) is 13.5. The molecule has 0 aromatic heterocycles. The van der Waals surface area contributed by atoms with Gasteiger partial charge in [-0.2, -0.15) is 0 Å². The number of esters is 1. The van der Waals surface area contributed by atoms with Crippen molar-refractivity contribution >= 4 is 11.8 Å². The van der Waals surface area contributed by atoms with E-state index in [4.69, 9.17) is 4.74 Å². The van der Waals surface area contributed by atoms with Gasteiger partial charge in [-0.15, -0.1) is 0 Å². The number of hydrogen-bond acceptors (Lipinski definition) is 3. The summed E-state index contributed by atoms with van der Waals surface area (Å²) in [5.74, 6) is 3.74. The fourth-order valence-electron chi connectivity index (χ4n) is 8.73. The van der Waals surface area contributed by atoms with Crippen LogP contribution in [0.5, 0.6) is 0 Å². The van der Waals surface area contributed by atoms with Crippen LogP contribution in [0.3, 0.4) is 0 Å². The van der Waals surface area contributed by atoms with Crippen molar-refractivity contribution in [3.05, 3.63) is 11.6 Å². The van der Waals surface area contributed by atoms with Gasteiger partial charge in [0, 0.05) is 19.3 Å². The lowest BCUT2D eigenvalue weighted by atomic mass is 9.46. The fraction of sp³-hybridized carbons (Fsp3) is 0.862. The first-order valence-corrected chi connectivity index (χ1v) is 13.5. The highest BCUT2D eigenvalue weighted by atomic mass is 16.5. The third-order valence-electron chi connectivity index (χ3n) is 10.4. The first kappa shape index (κ1) is 24.0. The molecule has 180 valence electrons. The molecule has 8 atom stereocenters. The Morgan fingerprint density at radius 2 is 1.81 bits per heavy atom. The van der Waals surface area contributed by atoms with E-state index in [1.165, 1.54) is 57.4 Å². The fourth-order valence-corrected chi connectivity index (χ4v) is 8.73. The van der Waals surface area contributed by atoms with Gasteiger partial charge in [-0.25, -0.2) is 0 Å². The van der Waals surface area contributed by atoms with Crippen molar-refractivity contribution in [3.63, 3.8) is 0 Å². The monoisotopic (exact) mass is 442 g/mol. The highest BCUT2D eigenvalue weighted by Gasteiger charge is 2.61. The summed E-state index contributed by atoms with van der Waals surface area (Å²) in [5.41, 5.74) is 1.70. The maximum absolute atomic E-state index is 13.6. The molecular formula is C29H46O3. The van der Waals surface area contributed by atoms with Gasteiger partial charge in [0.05, 0.1) is 0 Å². The van der Waals surface area contributed by atoms with Crippen LogP contribution in [0.2, 0.25) is 0 Å². The lowest BCUT2D eigenvalue weighted by molar-refractivity contribution is -0.149. The van der Waals surface area contributed by atoms with E-state index in [1.807, 2.05) is 6.08 Å². The molecule has 3 saturated carbocycles. The summed E-state index contributed by atoms with van der Waals surface area (Å²) in [6.07, 6.45) is 13.7. The molecule has 0 aliphatic heterocycles. The molecule has 3 fully saturated rings. The summed E-state index contributed by atoms with van der Waals surface area (Å²) in [7, 11) is 0. The first-order chi connectivity index (χ1) is 15.1. The van der Waals surface area contributed by atoms with Gasteiger partial charge in [0.1, 0.15) is 6.10 Å². The average Bonchev–Trinajstić information content (AvgIpc) is 3.05. The minimum absolute atomic E-state index is 0.0485. The van der Waals surface area contributed by atoms with Crippen molar-refractivity contribution in [1.82, 2.24) is 0 Å². The normalized spacial score (nSPS) is 42.0. The lowest BCUT2D eigenvalue weighted by Crippen LogP contribution is -2.53. The van der Waals surface area contributed by atoms with Crippen molar-refractivity contribution < 1.29 is 14.3 Å². The number of ether oxygens (including phenoxy) is 1. The van der Waals surface area contributed by atoms with E-state index in [9.17, 15) is 9.59 Å². The van der Waals surface area contributed by atoms with E-state index in [1.54, 1.807) is 0 Å². The summed E-state index contributed by atoms with van der Waals surface area (Å²) in [5, 5.41) is 0. The van der Waals surface area contributed by atoms with Gasteiger partial charge in [-0.05, 0) is 85.0 Å². The van der Waals surface area contributed by atoms with Crippen molar-refractivity contribution in [2.45, 2.75) is 112 Å². The van der Waals surface area contributed by atoms with Crippen LogP contribution in [0.25, 0.3) is 0 Å². The molecule has 0 radical (unpaired) electrons. The predicted octanol–water partition coefficient (Wildman–Crippen LogP) is 7.14. The Morgan fingerprint density at radius 3 is 2.50 bits per heavy atom. The second kappa shape index (κ2) is 8.91. The van der Waals surface area contributed by atoms with Crippen LogP contribution in [0, 0.1) is 46.3 Å². The topological polar surface area (TPSA) is 43.4 Å². The summed E-state index contributed by atoms with van der Waals surface area (Å²) in [4.78, 5) is 25.1. The van der Waals surface area contributed by atoms with Crippen molar-refractivity contribution in [2.75, 3.05) is 0 Å². The molecule has 0 amide bonds. The number of carbonyl (C=O) groups excluding carboxylic acids is 2. The van der Waals surface area contributed by atoms with Crippen LogP contribution in [-0.4, -0.2) is 17.9 Å². The van der Waals surface area contributed by atoms with Crippen LogP contribution < -0.4 is 0 Å². The Hall–Kier alpha value is -1.12. The number of rotatable bonds is 6. The summed E-state index contributed by atoms with van der Waals surface area (Å²) in [6, 6.07) is 0. The molecule has 32 heavy (non-hydrogen) atoms. The van der Waals surface area contributed by atoms with Crippen LogP contribution in [0.1, 0.15) is 106 Å². The molecular weight excluding hydrogens is 396 g/mol. The molecule has 3 nitrogen and oxygen atoms in total. The molecule has 0 spiro atoms. The number of ketones is 1.